The Balaban J connectivity index is 2.40. The number of benzene rings is 1. The van der Waals surface area contributed by atoms with Gasteiger partial charge in [0.15, 0.2) is 0 Å². The number of aryl methyl sites for hydroxylation is 1. The van der Waals surface area contributed by atoms with E-state index in [-0.39, 0.29) is 5.91 Å². The lowest BCUT2D eigenvalue weighted by Gasteiger charge is -2.14. The summed E-state index contributed by atoms with van der Waals surface area (Å²) in [4.78, 5) is 22.9. The summed E-state index contributed by atoms with van der Waals surface area (Å²) in [5.74, 6) is -0.661. The normalized spacial score (nSPS) is 11.6. The Morgan fingerprint density at radius 2 is 2.00 bits per heavy atom. The molecule has 4 heteroatoms. The maximum Gasteiger partial charge on any atom is 0.240 e. The first-order valence-corrected chi connectivity index (χ1v) is 6.37. The molecule has 1 rings (SSSR count). The average molecular weight is 260 g/mol. The lowest BCUT2D eigenvalue weighted by atomic mass is 10.1. The lowest BCUT2D eigenvalue weighted by Crippen LogP contribution is -2.44. The van der Waals surface area contributed by atoms with Gasteiger partial charge < -0.3 is 11.1 Å². The minimum absolute atomic E-state index is 0.156. The van der Waals surface area contributed by atoms with Crippen LogP contribution in [0.15, 0.2) is 43.0 Å². The Morgan fingerprint density at radius 1 is 1.32 bits per heavy atom. The second-order valence-electron chi connectivity index (χ2n) is 4.37. The third kappa shape index (κ3) is 5.86. The van der Waals surface area contributed by atoms with Gasteiger partial charge in [0.1, 0.15) is 6.04 Å². The van der Waals surface area contributed by atoms with Gasteiger partial charge in [-0.25, -0.2) is 0 Å². The molecule has 1 aromatic carbocycles. The summed E-state index contributed by atoms with van der Waals surface area (Å²) in [6, 6.07) is 9.13. The molecule has 2 amide bonds. The molecule has 0 bridgehead atoms. The monoisotopic (exact) mass is 260 g/mol. The first kappa shape index (κ1) is 15.0. The quantitative estimate of drug-likeness (QED) is 0.696. The molecule has 102 valence electrons. The Bertz CT molecular complexity index is 429. The van der Waals surface area contributed by atoms with Crippen molar-refractivity contribution in [2.24, 2.45) is 5.73 Å². The van der Waals surface area contributed by atoms with Crippen LogP contribution in [0, 0.1) is 0 Å². The highest BCUT2D eigenvalue weighted by Gasteiger charge is 2.16. The van der Waals surface area contributed by atoms with Crippen molar-refractivity contribution in [3.63, 3.8) is 0 Å². The zero-order chi connectivity index (χ0) is 14.1. The molecule has 0 aliphatic carbocycles. The van der Waals surface area contributed by atoms with Gasteiger partial charge >= 0.3 is 0 Å². The maximum absolute atomic E-state index is 11.7. The lowest BCUT2D eigenvalue weighted by molar-refractivity contribution is -0.127. The fraction of sp³-hybridized carbons (Fsp3) is 0.333. The smallest absolute Gasteiger partial charge is 0.240 e. The highest BCUT2D eigenvalue weighted by atomic mass is 16.2. The summed E-state index contributed by atoms with van der Waals surface area (Å²) >= 11 is 0. The summed E-state index contributed by atoms with van der Waals surface area (Å²) in [6.45, 7) is 3.58. The van der Waals surface area contributed by atoms with Crippen molar-refractivity contribution in [2.75, 3.05) is 0 Å². The van der Waals surface area contributed by atoms with Crippen LogP contribution in [0.5, 0.6) is 0 Å². The zero-order valence-electron chi connectivity index (χ0n) is 11.0. The second kappa shape index (κ2) is 8.08. The van der Waals surface area contributed by atoms with Crippen molar-refractivity contribution in [2.45, 2.75) is 31.7 Å². The Morgan fingerprint density at radius 3 is 2.58 bits per heavy atom. The molecule has 0 aliphatic heterocycles. The Hall–Kier alpha value is -2.10. The van der Waals surface area contributed by atoms with Gasteiger partial charge in [0.05, 0.1) is 0 Å². The number of hydrogen-bond acceptors (Lipinski definition) is 2. The van der Waals surface area contributed by atoms with Gasteiger partial charge in [-0.05, 0) is 24.8 Å². The van der Waals surface area contributed by atoms with Gasteiger partial charge in [-0.3, -0.25) is 9.59 Å². The Labute approximate surface area is 113 Å². The molecule has 0 saturated heterocycles. The van der Waals surface area contributed by atoms with E-state index in [1.807, 2.05) is 30.3 Å². The highest BCUT2D eigenvalue weighted by molar-refractivity contribution is 5.86. The standard InChI is InChI=1S/C15H20N2O2/c1-2-3-9-13(15(16)19)17-14(18)11-10-12-7-5-4-6-8-12/h2,4-8,13H,1,3,9-11H2,(H2,16,19)(H,17,18)/t13-/m1/s1. The van der Waals surface area contributed by atoms with Crippen LogP contribution < -0.4 is 11.1 Å². The van der Waals surface area contributed by atoms with Crippen LogP contribution in [-0.4, -0.2) is 17.9 Å². The molecule has 0 aliphatic rings. The molecule has 0 fully saturated rings. The number of nitrogens with one attached hydrogen (secondary N) is 1. The largest absolute Gasteiger partial charge is 0.368 e. The van der Waals surface area contributed by atoms with E-state index < -0.39 is 11.9 Å². The van der Waals surface area contributed by atoms with Crippen molar-refractivity contribution < 1.29 is 9.59 Å². The predicted molar refractivity (Wildman–Crippen MR) is 75.3 cm³/mol. The van der Waals surface area contributed by atoms with Gasteiger partial charge in [-0.2, -0.15) is 0 Å². The van der Waals surface area contributed by atoms with Crippen molar-refractivity contribution >= 4 is 11.8 Å². The van der Waals surface area contributed by atoms with Crippen LogP contribution in [-0.2, 0) is 16.0 Å². The van der Waals surface area contributed by atoms with Crippen molar-refractivity contribution in [3.8, 4) is 0 Å². The van der Waals surface area contributed by atoms with E-state index in [2.05, 4.69) is 11.9 Å². The number of carbonyl (C=O) groups is 2. The number of rotatable bonds is 8. The molecular formula is C15H20N2O2. The van der Waals surface area contributed by atoms with E-state index in [4.69, 9.17) is 5.73 Å². The van der Waals surface area contributed by atoms with Crippen molar-refractivity contribution in [3.05, 3.63) is 48.6 Å². The number of primary amides is 1. The molecule has 4 nitrogen and oxygen atoms in total. The molecule has 0 heterocycles. The summed E-state index contributed by atoms with van der Waals surface area (Å²) in [5, 5.41) is 2.66. The summed E-state index contributed by atoms with van der Waals surface area (Å²) in [6.07, 6.45) is 3.84. The van der Waals surface area contributed by atoms with E-state index in [9.17, 15) is 9.59 Å². The number of hydrogen-bond donors (Lipinski definition) is 2. The molecule has 0 unspecified atom stereocenters. The van der Waals surface area contributed by atoms with Gasteiger partial charge in [0.2, 0.25) is 11.8 Å². The SMILES string of the molecule is C=CCC[C@@H](NC(=O)CCc1ccccc1)C(N)=O. The van der Waals surface area contributed by atoms with Crippen molar-refractivity contribution in [1.29, 1.82) is 0 Å². The van der Waals surface area contributed by atoms with Gasteiger partial charge in [-0.15, -0.1) is 6.58 Å². The molecule has 0 spiro atoms. The molecule has 0 radical (unpaired) electrons. The second-order valence-corrected chi connectivity index (χ2v) is 4.37. The van der Waals surface area contributed by atoms with Crippen LogP contribution in [0.3, 0.4) is 0 Å². The fourth-order valence-corrected chi connectivity index (χ4v) is 1.74. The van der Waals surface area contributed by atoms with E-state index in [1.54, 1.807) is 6.08 Å². The fourth-order valence-electron chi connectivity index (χ4n) is 1.74. The van der Waals surface area contributed by atoms with Crippen LogP contribution in [0.4, 0.5) is 0 Å². The van der Waals surface area contributed by atoms with E-state index in [0.717, 1.165) is 5.56 Å². The van der Waals surface area contributed by atoms with Crippen LogP contribution in [0.25, 0.3) is 0 Å². The number of allylic oxidation sites excluding steroid dienone is 1. The van der Waals surface area contributed by atoms with Gasteiger partial charge in [0.25, 0.3) is 0 Å². The topological polar surface area (TPSA) is 72.2 Å². The number of carbonyl (C=O) groups excluding carboxylic acids is 2. The summed E-state index contributed by atoms with van der Waals surface area (Å²) < 4.78 is 0. The van der Waals surface area contributed by atoms with E-state index in [1.165, 1.54) is 0 Å². The number of nitrogens with two attached hydrogens (primary N) is 1. The zero-order valence-corrected chi connectivity index (χ0v) is 11.0. The van der Waals surface area contributed by atoms with Crippen LogP contribution >= 0.6 is 0 Å². The maximum atomic E-state index is 11.7. The van der Waals surface area contributed by atoms with Crippen molar-refractivity contribution in [1.82, 2.24) is 5.32 Å². The molecule has 3 N–H and O–H groups in total. The van der Waals surface area contributed by atoms with Crippen LogP contribution in [0.2, 0.25) is 0 Å². The molecular weight excluding hydrogens is 240 g/mol. The Kier molecular flexibility index (Phi) is 6.36. The summed E-state index contributed by atoms with van der Waals surface area (Å²) in [7, 11) is 0. The van der Waals surface area contributed by atoms with Gasteiger partial charge in [0, 0.05) is 6.42 Å². The average Bonchev–Trinajstić information content (AvgIpc) is 2.42. The third-order valence-corrected chi connectivity index (χ3v) is 2.82. The molecule has 19 heavy (non-hydrogen) atoms. The molecule has 1 aromatic rings. The highest BCUT2D eigenvalue weighted by Crippen LogP contribution is 2.03. The minimum atomic E-state index is -0.610. The first-order chi connectivity index (χ1) is 9.13. The van der Waals surface area contributed by atoms with E-state index >= 15 is 0 Å². The first-order valence-electron chi connectivity index (χ1n) is 6.37. The minimum Gasteiger partial charge on any atom is -0.368 e. The molecule has 0 saturated carbocycles. The number of amides is 2. The third-order valence-electron chi connectivity index (χ3n) is 2.82. The van der Waals surface area contributed by atoms with E-state index in [0.29, 0.717) is 25.7 Å². The van der Waals surface area contributed by atoms with Gasteiger partial charge in [-0.1, -0.05) is 36.4 Å². The molecule has 0 aromatic heterocycles. The summed E-state index contributed by atoms with van der Waals surface area (Å²) in [5.41, 5.74) is 6.34. The molecule has 1 atom stereocenters. The van der Waals surface area contributed by atoms with Crippen LogP contribution in [0.1, 0.15) is 24.8 Å². The predicted octanol–water partition coefficient (Wildman–Crippen LogP) is 1.56.